The number of aromatic amines is 1. The molecule has 4 rings (SSSR count). The normalized spacial score (nSPS) is 22.6. The van der Waals surface area contributed by atoms with Crippen molar-refractivity contribution in [1.29, 1.82) is 0 Å². The van der Waals surface area contributed by atoms with Crippen LogP contribution in [0.15, 0.2) is 18.3 Å². The van der Waals surface area contributed by atoms with Crippen LogP contribution in [0.25, 0.3) is 6.20 Å². The number of amides is 1. The van der Waals surface area contributed by atoms with Crippen molar-refractivity contribution in [2.75, 3.05) is 12.4 Å². The molecule has 10 nitrogen and oxygen atoms in total. The van der Waals surface area contributed by atoms with Crippen LogP contribution in [0, 0.1) is 0 Å². The molecule has 10 heteroatoms. The number of hydrogen-bond donors (Lipinski definition) is 4. The summed E-state index contributed by atoms with van der Waals surface area (Å²) < 4.78 is 12.5. The van der Waals surface area contributed by atoms with E-state index < -0.39 is 0 Å². The summed E-state index contributed by atoms with van der Waals surface area (Å²) in [5, 5.41) is 21.5. The maximum atomic E-state index is 11.8. The first-order valence-electron chi connectivity index (χ1n) is 10.3. The minimum absolute atomic E-state index is 0.0628. The summed E-state index contributed by atoms with van der Waals surface area (Å²) in [6.07, 6.45) is 5.77. The number of ether oxygens (including phenoxy) is 2. The maximum absolute atomic E-state index is 11.8. The van der Waals surface area contributed by atoms with E-state index in [9.17, 15) is 4.79 Å². The third-order valence-corrected chi connectivity index (χ3v) is 5.28. The van der Waals surface area contributed by atoms with Crippen molar-refractivity contribution in [3.05, 3.63) is 35.4 Å². The van der Waals surface area contributed by atoms with Crippen LogP contribution in [0.5, 0.6) is 0 Å². The quantitative estimate of drug-likeness (QED) is 0.549. The molecule has 0 spiro atoms. The SMILES string of the molecule is COCc1cc2n(n1)C=CNC2Nc1cc([C@@H]2CC[C@H](OC(=O)NC(C)C)C2)[nH]n1. The Morgan fingerprint density at radius 2 is 2.23 bits per heavy atom. The van der Waals surface area contributed by atoms with E-state index in [0.717, 1.165) is 42.2 Å². The first-order chi connectivity index (χ1) is 14.5. The van der Waals surface area contributed by atoms with Gasteiger partial charge in [-0.2, -0.15) is 10.2 Å². The fourth-order valence-electron chi connectivity index (χ4n) is 3.94. The van der Waals surface area contributed by atoms with Crippen LogP contribution in [0.2, 0.25) is 0 Å². The number of H-pyrrole nitrogens is 1. The molecular formula is C20H29N7O3. The molecule has 2 aliphatic rings. The van der Waals surface area contributed by atoms with Crippen molar-refractivity contribution >= 4 is 18.1 Å². The number of alkyl carbamates (subject to hydrolysis) is 1. The van der Waals surface area contributed by atoms with E-state index in [2.05, 4.69) is 31.2 Å². The average molecular weight is 415 g/mol. The fourth-order valence-corrected chi connectivity index (χ4v) is 3.94. The lowest BCUT2D eigenvalue weighted by Gasteiger charge is -2.22. The lowest BCUT2D eigenvalue weighted by atomic mass is 10.0. The summed E-state index contributed by atoms with van der Waals surface area (Å²) in [7, 11) is 1.66. The predicted octanol–water partition coefficient (Wildman–Crippen LogP) is 2.67. The summed E-state index contributed by atoms with van der Waals surface area (Å²) >= 11 is 0. The van der Waals surface area contributed by atoms with Gasteiger partial charge in [-0.15, -0.1) is 0 Å². The standard InChI is InChI=1S/C20H29N7O3/c1-12(2)22-20(28)30-15-5-4-13(8-15)16-10-18(25-24-16)23-19-17-9-14(11-29-3)26-27(17)7-6-21-19/h6-7,9-10,12-13,15,19,21H,4-5,8,11H2,1-3H3,(H,22,28)(H2,23,24,25)/t13-,15+,19?/m1/s1. The van der Waals surface area contributed by atoms with E-state index in [-0.39, 0.29) is 24.4 Å². The monoisotopic (exact) mass is 415 g/mol. The van der Waals surface area contributed by atoms with E-state index in [0.29, 0.717) is 12.5 Å². The number of hydrogen-bond acceptors (Lipinski definition) is 7. The fraction of sp³-hybridized carbons (Fsp3) is 0.550. The van der Waals surface area contributed by atoms with Gasteiger partial charge in [0.1, 0.15) is 18.1 Å². The van der Waals surface area contributed by atoms with E-state index in [1.165, 1.54) is 0 Å². The van der Waals surface area contributed by atoms with E-state index in [1.54, 1.807) is 7.11 Å². The Labute approximate surface area is 175 Å². The molecule has 1 aliphatic carbocycles. The number of rotatable bonds is 7. The van der Waals surface area contributed by atoms with Crippen molar-refractivity contribution in [2.24, 2.45) is 0 Å². The molecule has 3 heterocycles. The molecule has 1 unspecified atom stereocenters. The highest BCUT2D eigenvalue weighted by Crippen LogP contribution is 2.36. The van der Waals surface area contributed by atoms with Gasteiger partial charge < -0.3 is 25.4 Å². The zero-order valence-corrected chi connectivity index (χ0v) is 17.5. The van der Waals surface area contributed by atoms with Gasteiger partial charge in [0.05, 0.1) is 18.0 Å². The summed E-state index contributed by atoms with van der Waals surface area (Å²) in [5.41, 5.74) is 2.90. The molecule has 1 saturated carbocycles. The van der Waals surface area contributed by atoms with Crippen molar-refractivity contribution in [1.82, 2.24) is 30.6 Å². The Bertz CT molecular complexity index is 904. The number of carbonyl (C=O) groups is 1. The molecule has 1 amide bonds. The molecular weight excluding hydrogens is 386 g/mol. The summed E-state index contributed by atoms with van der Waals surface area (Å²) in [6.45, 7) is 4.30. The highest BCUT2D eigenvalue weighted by atomic mass is 16.6. The van der Waals surface area contributed by atoms with Crippen LogP contribution >= 0.6 is 0 Å². The number of carbonyl (C=O) groups excluding carboxylic acids is 1. The molecule has 2 aromatic rings. The first kappa shape index (κ1) is 20.3. The van der Waals surface area contributed by atoms with Gasteiger partial charge in [0.2, 0.25) is 0 Å². The van der Waals surface area contributed by atoms with Gasteiger partial charge >= 0.3 is 6.09 Å². The highest BCUT2D eigenvalue weighted by Gasteiger charge is 2.30. The second-order valence-corrected chi connectivity index (χ2v) is 8.04. The van der Waals surface area contributed by atoms with Gasteiger partial charge in [-0.25, -0.2) is 9.48 Å². The number of nitrogens with one attached hydrogen (secondary N) is 4. The minimum atomic E-state index is -0.344. The Morgan fingerprint density at radius 1 is 1.37 bits per heavy atom. The Morgan fingerprint density at radius 3 is 3.03 bits per heavy atom. The van der Waals surface area contributed by atoms with Gasteiger partial charge in [-0.3, -0.25) is 5.10 Å². The van der Waals surface area contributed by atoms with Gasteiger partial charge in [0.15, 0.2) is 0 Å². The third-order valence-electron chi connectivity index (χ3n) is 5.28. The molecule has 0 aromatic carbocycles. The van der Waals surface area contributed by atoms with E-state index in [4.69, 9.17) is 9.47 Å². The largest absolute Gasteiger partial charge is 0.446 e. The van der Waals surface area contributed by atoms with Crippen LogP contribution in [0.1, 0.15) is 62.3 Å². The van der Waals surface area contributed by atoms with Crippen molar-refractivity contribution < 1.29 is 14.3 Å². The summed E-state index contributed by atoms with van der Waals surface area (Å²) in [4.78, 5) is 11.8. The molecule has 1 aliphatic heterocycles. The topological polar surface area (TPSA) is 118 Å². The van der Waals surface area contributed by atoms with Gasteiger partial charge in [0, 0.05) is 43.2 Å². The van der Waals surface area contributed by atoms with Gasteiger partial charge in [0.25, 0.3) is 0 Å². The predicted molar refractivity (Wildman–Crippen MR) is 111 cm³/mol. The van der Waals surface area contributed by atoms with Gasteiger partial charge in [-0.1, -0.05) is 0 Å². The van der Waals surface area contributed by atoms with Crippen molar-refractivity contribution in [3.8, 4) is 0 Å². The van der Waals surface area contributed by atoms with Crippen LogP contribution in [0.4, 0.5) is 10.6 Å². The van der Waals surface area contributed by atoms with E-state index in [1.807, 2.05) is 43.1 Å². The Balaban J connectivity index is 1.35. The number of fused-ring (bicyclic) bond motifs is 1. The Hall–Kier alpha value is -3.01. The molecule has 0 bridgehead atoms. The lowest BCUT2D eigenvalue weighted by molar-refractivity contribution is 0.0981. The molecule has 30 heavy (non-hydrogen) atoms. The average Bonchev–Trinajstić information content (AvgIpc) is 3.41. The van der Waals surface area contributed by atoms with E-state index >= 15 is 0 Å². The number of methoxy groups -OCH3 is 1. The molecule has 0 radical (unpaired) electrons. The highest BCUT2D eigenvalue weighted by molar-refractivity contribution is 5.67. The molecule has 162 valence electrons. The van der Waals surface area contributed by atoms with Crippen LogP contribution in [-0.2, 0) is 16.1 Å². The van der Waals surface area contributed by atoms with Crippen LogP contribution < -0.4 is 16.0 Å². The van der Waals surface area contributed by atoms with Crippen molar-refractivity contribution in [3.63, 3.8) is 0 Å². The second-order valence-electron chi connectivity index (χ2n) is 8.04. The minimum Gasteiger partial charge on any atom is -0.446 e. The summed E-state index contributed by atoms with van der Waals surface area (Å²) in [6, 6.07) is 4.10. The smallest absolute Gasteiger partial charge is 0.407 e. The number of nitrogens with zero attached hydrogens (tertiary/aromatic N) is 3. The zero-order valence-electron chi connectivity index (χ0n) is 17.5. The van der Waals surface area contributed by atoms with Crippen LogP contribution in [-0.4, -0.2) is 45.3 Å². The number of aromatic nitrogens is 4. The third kappa shape index (κ3) is 4.59. The molecule has 3 atom stereocenters. The molecule has 0 saturated heterocycles. The van der Waals surface area contributed by atoms with Crippen molar-refractivity contribution in [2.45, 2.75) is 63.9 Å². The van der Waals surface area contributed by atoms with Gasteiger partial charge in [-0.05, 0) is 39.2 Å². The second kappa shape index (κ2) is 8.78. The van der Waals surface area contributed by atoms with Crippen LogP contribution in [0.3, 0.4) is 0 Å². The molecule has 1 fully saturated rings. The zero-order chi connectivity index (χ0) is 21.1. The summed E-state index contributed by atoms with van der Waals surface area (Å²) in [5.74, 6) is 1.05. The first-order valence-corrected chi connectivity index (χ1v) is 10.3. The maximum Gasteiger partial charge on any atom is 0.407 e. The molecule has 2 aromatic heterocycles. The molecule has 4 N–H and O–H groups in total. The number of anilines is 1. The lowest BCUT2D eigenvalue weighted by Crippen LogP contribution is -2.33. The Kier molecular flexibility index (Phi) is 5.93.